The number of carbonyl (C=O) groups excluding carboxylic acids is 1. The zero-order valence-corrected chi connectivity index (χ0v) is 15.3. The molecule has 1 aromatic carbocycles. The number of ether oxygens (including phenoxy) is 3. The number of furan rings is 1. The van der Waals surface area contributed by atoms with Gasteiger partial charge in [-0.25, -0.2) is 0 Å². The van der Waals surface area contributed by atoms with Gasteiger partial charge in [0.25, 0.3) is 0 Å². The van der Waals surface area contributed by atoms with E-state index in [1.807, 2.05) is 37.3 Å². The van der Waals surface area contributed by atoms with Crippen LogP contribution in [0.25, 0.3) is 11.0 Å². The van der Waals surface area contributed by atoms with E-state index in [0.29, 0.717) is 49.4 Å². The van der Waals surface area contributed by atoms with E-state index in [1.165, 1.54) is 0 Å². The second kappa shape index (κ2) is 9.85. The summed E-state index contributed by atoms with van der Waals surface area (Å²) in [5.41, 5.74) is 1.57. The van der Waals surface area contributed by atoms with E-state index in [0.717, 1.165) is 5.56 Å². The zero-order chi connectivity index (χ0) is 18.9. The first-order valence-corrected chi connectivity index (χ1v) is 9.01. The Morgan fingerprint density at radius 3 is 2.81 bits per heavy atom. The highest BCUT2D eigenvalue weighted by Crippen LogP contribution is 2.33. The van der Waals surface area contributed by atoms with Crippen molar-refractivity contribution in [1.29, 1.82) is 0 Å². The van der Waals surface area contributed by atoms with Crippen molar-refractivity contribution in [3.05, 3.63) is 60.1 Å². The fourth-order valence-corrected chi connectivity index (χ4v) is 2.68. The van der Waals surface area contributed by atoms with Gasteiger partial charge < -0.3 is 18.6 Å². The largest absolute Gasteiger partial charge is 0.463 e. The van der Waals surface area contributed by atoms with Crippen LogP contribution in [0.2, 0.25) is 0 Å². The molecule has 27 heavy (non-hydrogen) atoms. The average molecular weight is 369 g/mol. The molecule has 2 aromatic heterocycles. The minimum Gasteiger partial charge on any atom is -0.463 e. The molecule has 0 saturated heterocycles. The molecular weight excluding hydrogens is 346 g/mol. The van der Waals surface area contributed by atoms with Crippen molar-refractivity contribution in [2.24, 2.45) is 0 Å². The van der Waals surface area contributed by atoms with Gasteiger partial charge in [-0.2, -0.15) is 0 Å². The number of aromatic nitrogens is 1. The number of hydrogen-bond donors (Lipinski definition) is 0. The van der Waals surface area contributed by atoms with Crippen LogP contribution in [0.15, 0.2) is 53.2 Å². The zero-order valence-electron chi connectivity index (χ0n) is 15.3. The summed E-state index contributed by atoms with van der Waals surface area (Å²) in [6.45, 7) is 3.55. The second-order valence-corrected chi connectivity index (χ2v) is 5.95. The molecule has 0 spiro atoms. The van der Waals surface area contributed by atoms with E-state index in [1.54, 1.807) is 18.5 Å². The van der Waals surface area contributed by atoms with Gasteiger partial charge in [-0.1, -0.05) is 30.3 Å². The topological polar surface area (TPSA) is 70.8 Å². The number of fused-ring (bicyclic) bond motifs is 1. The van der Waals surface area contributed by atoms with Crippen LogP contribution in [0.3, 0.4) is 0 Å². The molecular formula is C21H23NO5. The lowest BCUT2D eigenvalue weighted by atomic mass is 10.1. The van der Waals surface area contributed by atoms with Gasteiger partial charge >= 0.3 is 0 Å². The first-order chi connectivity index (χ1) is 13.3. The molecule has 142 valence electrons. The van der Waals surface area contributed by atoms with Gasteiger partial charge in [0.15, 0.2) is 18.1 Å². The Kier molecular flexibility index (Phi) is 6.96. The Morgan fingerprint density at radius 1 is 1.15 bits per heavy atom. The lowest BCUT2D eigenvalue weighted by Gasteiger charge is -2.08. The first-order valence-electron chi connectivity index (χ1n) is 9.01. The number of benzene rings is 1. The van der Waals surface area contributed by atoms with Crippen LogP contribution in [0.4, 0.5) is 0 Å². The summed E-state index contributed by atoms with van der Waals surface area (Å²) < 4.78 is 22.3. The standard InChI is InChI=1S/C21H23NO5/c1-2-24-12-6-9-18(23)21-20(17-10-11-22-13-19(17)27-21)26-15-25-14-16-7-4-3-5-8-16/h3-5,7-8,10-11,13H,2,6,9,12,14-15H2,1H3. The molecule has 0 unspecified atom stereocenters. The minimum absolute atomic E-state index is 0.0189. The van der Waals surface area contributed by atoms with Crippen LogP contribution in [0, 0.1) is 0 Å². The third-order valence-electron chi connectivity index (χ3n) is 4.00. The molecule has 0 aliphatic carbocycles. The third-order valence-corrected chi connectivity index (χ3v) is 4.00. The summed E-state index contributed by atoms with van der Waals surface area (Å²) in [4.78, 5) is 16.6. The second-order valence-electron chi connectivity index (χ2n) is 5.95. The molecule has 3 aromatic rings. The van der Waals surface area contributed by atoms with Crippen LogP contribution in [0.5, 0.6) is 5.75 Å². The highest BCUT2D eigenvalue weighted by molar-refractivity contribution is 6.02. The van der Waals surface area contributed by atoms with Gasteiger partial charge in [-0.3, -0.25) is 9.78 Å². The maximum absolute atomic E-state index is 12.6. The monoisotopic (exact) mass is 369 g/mol. The Bertz CT molecular complexity index is 859. The fraction of sp³-hybridized carbons (Fsp3) is 0.333. The normalized spacial score (nSPS) is 11.0. The van der Waals surface area contributed by atoms with Crippen molar-refractivity contribution < 1.29 is 23.4 Å². The van der Waals surface area contributed by atoms with E-state index in [4.69, 9.17) is 18.6 Å². The summed E-state index contributed by atoms with van der Waals surface area (Å²) in [7, 11) is 0. The van der Waals surface area contributed by atoms with Crippen molar-refractivity contribution in [3.63, 3.8) is 0 Å². The summed E-state index contributed by atoms with van der Waals surface area (Å²) >= 11 is 0. The number of nitrogens with zero attached hydrogens (tertiary/aromatic N) is 1. The lowest BCUT2D eigenvalue weighted by Crippen LogP contribution is -2.07. The summed E-state index contributed by atoms with van der Waals surface area (Å²) in [6.07, 6.45) is 4.17. The molecule has 6 nitrogen and oxygen atoms in total. The summed E-state index contributed by atoms with van der Waals surface area (Å²) in [5, 5.41) is 0.710. The van der Waals surface area contributed by atoms with Gasteiger partial charge in [-0.05, 0) is 25.0 Å². The Labute approximate surface area is 158 Å². The van der Waals surface area contributed by atoms with Crippen molar-refractivity contribution in [2.75, 3.05) is 20.0 Å². The number of ketones is 1. The maximum Gasteiger partial charge on any atom is 0.213 e. The molecule has 0 amide bonds. The van der Waals surface area contributed by atoms with Crippen molar-refractivity contribution in [2.45, 2.75) is 26.4 Å². The number of hydrogen-bond acceptors (Lipinski definition) is 6. The van der Waals surface area contributed by atoms with Gasteiger partial charge in [0, 0.05) is 25.8 Å². The SMILES string of the molecule is CCOCCCC(=O)c1oc2cnccc2c1OCOCc1ccccc1. The highest BCUT2D eigenvalue weighted by atomic mass is 16.7. The van der Waals surface area contributed by atoms with Crippen LogP contribution >= 0.6 is 0 Å². The molecule has 6 heteroatoms. The molecule has 0 atom stereocenters. The van der Waals surface area contributed by atoms with E-state index in [-0.39, 0.29) is 18.3 Å². The lowest BCUT2D eigenvalue weighted by molar-refractivity contribution is 0.00488. The number of rotatable bonds is 11. The van der Waals surface area contributed by atoms with Gasteiger partial charge in [0.05, 0.1) is 18.2 Å². The first kappa shape index (κ1) is 19.1. The van der Waals surface area contributed by atoms with Crippen LogP contribution in [-0.4, -0.2) is 30.8 Å². The van der Waals surface area contributed by atoms with Gasteiger partial charge in [0.2, 0.25) is 11.5 Å². The quantitative estimate of drug-likeness (QED) is 0.284. The predicted molar refractivity (Wildman–Crippen MR) is 101 cm³/mol. The Balaban J connectivity index is 1.66. The molecule has 0 radical (unpaired) electrons. The number of Topliss-reactive ketones (excluding diaryl/α,β-unsaturated/α-hetero) is 1. The molecule has 3 rings (SSSR count). The van der Waals surface area contributed by atoms with E-state index >= 15 is 0 Å². The summed E-state index contributed by atoms with van der Waals surface area (Å²) in [5.74, 6) is 0.489. The van der Waals surface area contributed by atoms with Crippen LogP contribution in [0.1, 0.15) is 35.9 Å². The molecule has 0 N–H and O–H groups in total. The number of carbonyl (C=O) groups is 1. The summed E-state index contributed by atoms with van der Waals surface area (Å²) in [6, 6.07) is 11.6. The Hall–Kier alpha value is -2.70. The Morgan fingerprint density at radius 2 is 2.00 bits per heavy atom. The van der Waals surface area contributed by atoms with Gasteiger partial charge in [0.1, 0.15) is 0 Å². The minimum atomic E-state index is -0.121. The van der Waals surface area contributed by atoms with Crippen molar-refractivity contribution in [3.8, 4) is 5.75 Å². The maximum atomic E-state index is 12.6. The van der Waals surface area contributed by atoms with Gasteiger partial charge in [-0.15, -0.1) is 0 Å². The van der Waals surface area contributed by atoms with E-state index in [9.17, 15) is 4.79 Å². The molecule has 0 saturated carbocycles. The molecule has 2 heterocycles. The smallest absolute Gasteiger partial charge is 0.213 e. The van der Waals surface area contributed by atoms with Crippen molar-refractivity contribution in [1.82, 2.24) is 4.98 Å². The molecule has 0 aliphatic rings. The van der Waals surface area contributed by atoms with Crippen molar-refractivity contribution >= 4 is 16.8 Å². The van der Waals surface area contributed by atoms with Crippen LogP contribution < -0.4 is 4.74 Å². The highest BCUT2D eigenvalue weighted by Gasteiger charge is 2.22. The van der Waals surface area contributed by atoms with E-state index < -0.39 is 0 Å². The molecule has 0 bridgehead atoms. The average Bonchev–Trinajstić information content (AvgIpc) is 3.08. The van der Waals surface area contributed by atoms with Crippen LogP contribution in [-0.2, 0) is 16.1 Å². The third kappa shape index (κ3) is 5.15. The predicted octanol–water partition coefficient (Wildman–Crippen LogP) is 4.38. The fourth-order valence-electron chi connectivity index (χ4n) is 2.68. The molecule has 0 aliphatic heterocycles. The number of pyridine rings is 1. The van der Waals surface area contributed by atoms with E-state index in [2.05, 4.69) is 4.98 Å². The molecule has 0 fully saturated rings.